The van der Waals surface area contributed by atoms with Crippen molar-refractivity contribution in [2.45, 2.75) is 32.2 Å². The van der Waals surface area contributed by atoms with E-state index in [2.05, 4.69) is 29.3 Å². The van der Waals surface area contributed by atoms with E-state index in [1.807, 2.05) is 25.2 Å². The molecule has 1 unspecified atom stereocenters. The number of likely N-dealkylation sites (N-methyl/N-ethyl adjacent to an activating group) is 2. The smallest absolute Gasteiger partial charge is 0.317 e. The number of benzene rings is 1. The van der Waals surface area contributed by atoms with Crippen molar-refractivity contribution in [3.63, 3.8) is 0 Å². The van der Waals surface area contributed by atoms with E-state index in [0.29, 0.717) is 6.04 Å². The lowest BCUT2D eigenvalue weighted by Gasteiger charge is -2.24. The third-order valence-corrected chi connectivity index (χ3v) is 4.32. The number of hydrogen-bond donors (Lipinski definition) is 1. The van der Waals surface area contributed by atoms with Crippen LogP contribution in [0, 0.1) is 0 Å². The highest BCUT2D eigenvalue weighted by Crippen LogP contribution is 2.15. The number of likely N-dealkylation sites (tertiary alicyclic amines) is 1. The highest BCUT2D eigenvalue weighted by atomic mass is 16.2. The van der Waals surface area contributed by atoms with Crippen molar-refractivity contribution in [2.24, 2.45) is 0 Å². The number of nitrogens with one attached hydrogen (secondary N) is 1. The normalized spacial score (nSPS) is 18.7. The van der Waals surface area contributed by atoms with Crippen LogP contribution in [0.3, 0.4) is 0 Å². The Kier molecular flexibility index (Phi) is 6.05. The molecular formula is C17H27N3O. The van der Waals surface area contributed by atoms with Crippen LogP contribution in [0.15, 0.2) is 30.3 Å². The summed E-state index contributed by atoms with van der Waals surface area (Å²) in [5.74, 6) is 0. The van der Waals surface area contributed by atoms with Crippen LogP contribution in [0.2, 0.25) is 0 Å². The maximum absolute atomic E-state index is 12.1. The number of carbonyl (C=O) groups excluding carboxylic acids is 1. The molecule has 1 fully saturated rings. The Bertz CT molecular complexity index is 435. The van der Waals surface area contributed by atoms with Gasteiger partial charge < -0.3 is 10.2 Å². The molecule has 2 rings (SSSR count). The Hall–Kier alpha value is -1.55. The van der Waals surface area contributed by atoms with Crippen molar-refractivity contribution < 1.29 is 4.79 Å². The summed E-state index contributed by atoms with van der Waals surface area (Å²) in [6.45, 7) is 5.94. The van der Waals surface area contributed by atoms with Crippen LogP contribution < -0.4 is 5.32 Å². The molecule has 1 saturated heterocycles. The second-order valence-electron chi connectivity index (χ2n) is 5.77. The summed E-state index contributed by atoms with van der Waals surface area (Å²) in [5, 5.41) is 3.07. The molecule has 1 aromatic carbocycles. The van der Waals surface area contributed by atoms with E-state index in [1.165, 1.54) is 24.9 Å². The van der Waals surface area contributed by atoms with Gasteiger partial charge in [-0.15, -0.1) is 0 Å². The minimum atomic E-state index is 0.0360. The molecule has 1 heterocycles. The summed E-state index contributed by atoms with van der Waals surface area (Å²) in [6, 6.07) is 10.8. The van der Waals surface area contributed by atoms with Gasteiger partial charge in [0.05, 0.1) is 0 Å². The maximum Gasteiger partial charge on any atom is 0.317 e. The van der Waals surface area contributed by atoms with Crippen LogP contribution in [0.5, 0.6) is 0 Å². The predicted molar refractivity (Wildman–Crippen MR) is 86.4 cm³/mol. The zero-order chi connectivity index (χ0) is 15.1. The fraction of sp³-hybridized carbons (Fsp3) is 0.588. The van der Waals surface area contributed by atoms with Crippen molar-refractivity contribution in [3.05, 3.63) is 35.9 Å². The van der Waals surface area contributed by atoms with E-state index >= 15 is 0 Å². The third-order valence-electron chi connectivity index (χ3n) is 4.32. The van der Waals surface area contributed by atoms with Gasteiger partial charge in [-0.3, -0.25) is 4.90 Å². The van der Waals surface area contributed by atoms with Gasteiger partial charge in [0.2, 0.25) is 0 Å². The number of rotatable bonds is 6. The van der Waals surface area contributed by atoms with Gasteiger partial charge in [-0.1, -0.05) is 37.3 Å². The predicted octanol–water partition coefficient (Wildman–Crippen LogP) is 2.35. The van der Waals surface area contributed by atoms with Crippen molar-refractivity contribution in [2.75, 3.05) is 33.2 Å². The quantitative estimate of drug-likeness (QED) is 0.872. The summed E-state index contributed by atoms with van der Waals surface area (Å²) in [4.78, 5) is 16.3. The van der Waals surface area contributed by atoms with Gasteiger partial charge in [0.15, 0.2) is 0 Å². The van der Waals surface area contributed by atoms with Gasteiger partial charge in [0, 0.05) is 26.2 Å². The SMILES string of the molecule is CCN1CCCC1CNC(=O)N(C)CCc1ccccc1. The van der Waals surface area contributed by atoms with Crippen LogP contribution in [-0.4, -0.2) is 55.1 Å². The standard InChI is InChI=1S/C17H27N3O/c1-3-20-12-7-10-16(20)14-18-17(21)19(2)13-11-15-8-5-4-6-9-15/h4-6,8-9,16H,3,7,10-14H2,1-2H3,(H,18,21). The minimum absolute atomic E-state index is 0.0360. The first-order valence-corrected chi connectivity index (χ1v) is 7.97. The third kappa shape index (κ3) is 4.74. The largest absolute Gasteiger partial charge is 0.336 e. The first-order valence-electron chi connectivity index (χ1n) is 7.97. The topological polar surface area (TPSA) is 35.6 Å². The van der Waals surface area contributed by atoms with E-state index in [9.17, 15) is 4.79 Å². The lowest BCUT2D eigenvalue weighted by Crippen LogP contribution is -2.45. The molecule has 1 atom stereocenters. The van der Waals surface area contributed by atoms with E-state index in [0.717, 1.165) is 26.1 Å². The fourth-order valence-corrected chi connectivity index (χ4v) is 2.93. The molecule has 0 aromatic heterocycles. The molecule has 116 valence electrons. The van der Waals surface area contributed by atoms with Gasteiger partial charge >= 0.3 is 6.03 Å². The molecule has 0 saturated carbocycles. The molecule has 2 amide bonds. The second-order valence-corrected chi connectivity index (χ2v) is 5.77. The van der Waals surface area contributed by atoms with E-state index in [-0.39, 0.29) is 6.03 Å². The van der Waals surface area contributed by atoms with Crippen molar-refractivity contribution in [3.8, 4) is 0 Å². The van der Waals surface area contributed by atoms with E-state index in [1.54, 1.807) is 4.90 Å². The lowest BCUT2D eigenvalue weighted by atomic mass is 10.1. The molecule has 0 bridgehead atoms. The van der Waals surface area contributed by atoms with Crippen LogP contribution in [0.1, 0.15) is 25.3 Å². The highest BCUT2D eigenvalue weighted by molar-refractivity contribution is 5.73. The van der Waals surface area contributed by atoms with Gasteiger partial charge in [0.25, 0.3) is 0 Å². The van der Waals surface area contributed by atoms with Crippen LogP contribution in [0.4, 0.5) is 4.79 Å². The zero-order valence-electron chi connectivity index (χ0n) is 13.2. The van der Waals surface area contributed by atoms with Gasteiger partial charge in [-0.2, -0.15) is 0 Å². The van der Waals surface area contributed by atoms with Gasteiger partial charge in [-0.05, 0) is 37.9 Å². The number of nitrogens with zero attached hydrogens (tertiary/aromatic N) is 2. The number of amides is 2. The molecule has 0 aliphatic carbocycles. The Morgan fingerprint density at radius 2 is 2.14 bits per heavy atom. The minimum Gasteiger partial charge on any atom is -0.336 e. The Labute approximate surface area is 128 Å². The maximum atomic E-state index is 12.1. The molecule has 1 aliphatic heterocycles. The van der Waals surface area contributed by atoms with E-state index in [4.69, 9.17) is 0 Å². The van der Waals surface area contributed by atoms with Crippen molar-refractivity contribution >= 4 is 6.03 Å². The highest BCUT2D eigenvalue weighted by Gasteiger charge is 2.23. The first-order chi connectivity index (χ1) is 10.2. The monoisotopic (exact) mass is 289 g/mol. The molecule has 0 spiro atoms. The van der Waals surface area contributed by atoms with Crippen LogP contribution >= 0.6 is 0 Å². The molecule has 4 heteroatoms. The molecular weight excluding hydrogens is 262 g/mol. The van der Waals surface area contributed by atoms with Crippen molar-refractivity contribution in [1.29, 1.82) is 0 Å². The molecule has 1 aromatic rings. The average Bonchev–Trinajstić information content (AvgIpc) is 2.98. The molecule has 1 aliphatic rings. The molecule has 21 heavy (non-hydrogen) atoms. The molecule has 1 N–H and O–H groups in total. The van der Waals surface area contributed by atoms with E-state index < -0.39 is 0 Å². The summed E-state index contributed by atoms with van der Waals surface area (Å²) >= 11 is 0. The summed E-state index contributed by atoms with van der Waals surface area (Å²) in [5.41, 5.74) is 1.27. The average molecular weight is 289 g/mol. The second kappa shape index (κ2) is 8.03. The summed E-state index contributed by atoms with van der Waals surface area (Å²) < 4.78 is 0. The number of hydrogen-bond acceptors (Lipinski definition) is 2. The Balaban J connectivity index is 1.70. The number of urea groups is 1. The molecule has 0 radical (unpaired) electrons. The zero-order valence-corrected chi connectivity index (χ0v) is 13.2. The Morgan fingerprint density at radius 1 is 1.38 bits per heavy atom. The fourth-order valence-electron chi connectivity index (χ4n) is 2.93. The van der Waals surface area contributed by atoms with Gasteiger partial charge in [0.1, 0.15) is 0 Å². The molecule has 4 nitrogen and oxygen atoms in total. The first kappa shape index (κ1) is 15.8. The lowest BCUT2D eigenvalue weighted by molar-refractivity contribution is 0.201. The van der Waals surface area contributed by atoms with Crippen LogP contribution in [0.25, 0.3) is 0 Å². The number of carbonyl (C=O) groups is 1. The summed E-state index contributed by atoms with van der Waals surface area (Å²) in [6.07, 6.45) is 3.34. The van der Waals surface area contributed by atoms with Gasteiger partial charge in [-0.25, -0.2) is 4.79 Å². The Morgan fingerprint density at radius 3 is 2.86 bits per heavy atom. The van der Waals surface area contributed by atoms with Crippen LogP contribution in [-0.2, 0) is 6.42 Å². The summed E-state index contributed by atoms with van der Waals surface area (Å²) in [7, 11) is 1.87. The van der Waals surface area contributed by atoms with Crippen molar-refractivity contribution in [1.82, 2.24) is 15.1 Å².